The summed E-state index contributed by atoms with van der Waals surface area (Å²) in [4.78, 5) is 23.6. The summed E-state index contributed by atoms with van der Waals surface area (Å²) in [5, 5.41) is 12.0. The van der Waals surface area contributed by atoms with Gasteiger partial charge in [0, 0.05) is 10.9 Å². The third-order valence-electron chi connectivity index (χ3n) is 3.20. The Labute approximate surface area is 124 Å². The van der Waals surface area contributed by atoms with Crippen molar-refractivity contribution >= 4 is 23.6 Å². The molecule has 0 saturated carbocycles. The van der Waals surface area contributed by atoms with Gasteiger partial charge in [-0.1, -0.05) is 19.9 Å². The Balaban J connectivity index is 2.60. The lowest BCUT2D eigenvalue weighted by molar-refractivity contribution is -0.119. The number of amides is 1. The molecule has 0 heterocycles. The predicted molar refractivity (Wildman–Crippen MR) is 81.3 cm³/mol. The van der Waals surface area contributed by atoms with Crippen LogP contribution in [0.5, 0.6) is 0 Å². The highest BCUT2D eigenvalue weighted by Gasteiger charge is 2.12. The summed E-state index contributed by atoms with van der Waals surface area (Å²) in [5.74, 6) is -0.294. The minimum atomic E-state index is -0.942. The zero-order valence-corrected chi connectivity index (χ0v) is 13.1. The Bertz CT molecular complexity index is 500. The molecule has 0 aromatic heterocycles. The molecule has 0 saturated heterocycles. The summed E-state index contributed by atoms with van der Waals surface area (Å²) in [6, 6.07) is 5.35. The lowest BCUT2D eigenvalue weighted by Gasteiger charge is -2.17. The number of carbonyl (C=O) groups excluding carboxylic acids is 1. The van der Waals surface area contributed by atoms with Crippen molar-refractivity contribution in [3.63, 3.8) is 0 Å². The van der Waals surface area contributed by atoms with Gasteiger partial charge in [-0.05, 0) is 37.5 Å². The van der Waals surface area contributed by atoms with Crippen molar-refractivity contribution in [3.05, 3.63) is 29.3 Å². The summed E-state index contributed by atoms with van der Waals surface area (Å²) in [6.07, 6.45) is 0. The average molecular weight is 295 g/mol. The number of aryl methyl sites for hydroxylation is 1. The van der Waals surface area contributed by atoms with Crippen LogP contribution in [0.2, 0.25) is 0 Å². The Morgan fingerprint density at radius 3 is 2.50 bits per heavy atom. The molecule has 0 aliphatic carbocycles. The monoisotopic (exact) mass is 295 g/mol. The van der Waals surface area contributed by atoms with Crippen molar-refractivity contribution in [1.29, 1.82) is 0 Å². The van der Waals surface area contributed by atoms with Crippen molar-refractivity contribution in [1.82, 2.24) is 5.32 Å². The smallest absolute Gasteiger partial charge is 0.335 e. The molecule has 0 aliphatic heterocycles. The summed E-state index contributed by atoms with van der Waals surface area (Å²) in [7, 11) is 0. The van der Waals surface area contributed by atoms with Crippen LogP contribution < -0.4 is 5.32 Å². The van der Waals surface area contributed by atoms with Gasteiger partial charge >= 0.3 is 5.97 Å². The van der Waals surface area contributed by atoms with Crippen molar-refractivity contribution in [2.75, 3.05) is 5.75 Å². The number of carbonyl (C=O) groups is 2. The second-order valence-corrected chi connectivity index (χ2v) is 6.22. The molecule has 1 unspecified atom stereocenters. The van der Waals surface area contributed by atoms with Crippen LogP contribution in [0.1, 0.15) is 36.7 Å². The van der Waals surface area contributed by atoms with Crippen molar-refractivity contribution in [2.45, 2.75) is 38.6 Å². The number of hydrogen-bond donors (Lipinski definition) is 2. The molecule has 1 amide bonds. The largest absolute Gasteiger partial charge is 0.478 e. The Morgan fingerprint density at radius 2 is 1.95 bits per heavy atom. The van der Waals surface area contributed by atoms with E-state index < -0.39 is 5.97 Å². The average Bonchev–Trinajstić information content (AvgIpc) is 2.37. The van der Waals surface area contributed by atoms with Gasteiger partial charge in [-0.3, -0.25) is 4.79 Å². The van der Waals surface area contributed by atoms with E-state index in [4.69, 9.17) is 5.11 Å². The van der Waals surface area contributed by atoms with E-state index in [2.05, 4.69) is 19.2 Å². The fourth-order valence-corrected chi connectivity index (χ4v) is 2.28. The highest BCUT2D eigenvalue weighted by atomic mass is 32.2. The van der Waals surface area contributed by atoms with E-state index in [1.807, 2.05) is 13.0 Å². The Kier molecular flexibility index (Phi) is 6.07. The number of thioether (sulfide) groups is 1. The molecule has 0 bridgehead atoms. The van der Waals surface area contributed by atoms with Gasteiger partial charge in [-0.15, -0.1) is 11.8 Å². The number of hydrogen-bond acceptors (Lipinski definition) is 3. The highest BCUT2D eigenvalue weighted by Crippen LogP contribution is 2.21. The summed E-state index contributed by atoms with van der Waals surface area (Å²) < 4.78 is 0. The Morgan fingerprint density at radius 1 is 1.30 bits per heavy atom. The van der Waals surface area contributed by atoms with Gasteiger partial charge < -0.3 is 10.4 Å². The second-order valence-electron chi connectivity index (χ2n) is 5.17. The highest BCUT2D eigenvalue weighted by molar-refractivity contribution is 8.00. The van der Waals surface area contributed by atoms with E-state index in [-0.39, 0.29) is 17.5 Å². The van der Waals surface area contributed by atoms with Crippen LogP contribution in [-0.4, -0.2) is 28.8 Å². The third kappa shape index (κ3) is 4.89. The Hall–Kier alpha value is -1.49. The van der Waals surface area contributed by atoms with E-state index in [9.17, 15) is 9.59 Å². The molecule has 1 atom stereocenters. The minimum Gasteiger partial charge on any atom is -0.478 e. The molecule has 110 valence electrons. The molecule has 0 aliphatic rings. The number of benzene rings is 1. The van der Waals surface area contributed by atoms with Gasteiger partial charge in [0.25, 0.3) is 0 Å². The maximum atomic E-state index is 11.8. The molecular formula is C15H21NO3S. The van der Waals surface area contributed by atoms with Crippen molar-refractivity contribution < 1.29 is 14.7 Å². The van der Waals surface area contributed by atoms with Gasteiger partial charge in [0.1, 0.15) is 0 Å². The number of carboxylic acids is 1. The molecule has 0 radical (unpaired) electrons. The van der Waals surface area contributed by atoms with E-state index in [0.29, 0.717) is 11.7 Å². The summed E-state index contributed by atoms with van der Waals surface area (Å²) in [6.45, 7) is 7.84. The lowest BCUT2D eigenvalue weighted by Crippen LogP contribution is -2.37. The lowest BCUT2D eigenvalue weighted by atomic mass is 10.1. The van der Waals surface area contributed by atoms with E-state index in [1.165, 1.54) is 11.8 Å². The van der Waals surface area contributed by atoms with Gasteiger partial charge in [-0.25, -0.2) is 4.79 Å². The first-order valence-electron chi connectivity index (χ1n) is 6.57. The fraction of sp³-hybridized carbons (Fsp3) is 0.467. The van der Waals surface area contributed by atoms with E-state index in [0.717, 1.165) is 10.5 Å². The van der Waals surface area contributed by atoms with Gasteiger partial charge in [0.05, 0.1) is 11.3 Å². The van der Waals surface area contributed by atoms with Crippen molar-refractivity contribution in [3.8, 4) is 0 Å². The third-order valence-corrected chi connectivity index (χ3v) is 4.19. The van der Waals surface area contributed by atoms with Gasteiger partial charge in [0.15, 0.2) is 0 Å². The first-order chi connectivity index (χ1) is 9.31. The molecular weight excluding hydrogens is 274 g/mol. The van der Waals surface area contributed by atoms with Gasteiger partial charge in [0.2, 0.25) is 5.91 Å². The molecule has 0 fully saturated rings. The molecule has 4 nitrogen and oxygen atoms in total. The molecule has 20 heavy (non-hydrogen) atoms. The molecule has 1 rings (SSSR count). The first kappa shape index (κ1) is 16.6. The van der Waals surface area contributed by atoms with Crippen LogP contribution in [0.25, 0.3) is 0 Å². The van der Waals surface area contributed by atoms with Crippen LogP contribution in [0.4, 0.5) is 0 Å². The maximum Gasteiger partial charge on any atom is 0.335 e. The van der Waals surface area contributed by atoms with E-state index in [1.54, 1.807) is 19.1 Å². The van der Waals surface area contributed by atoms with Crippen LogP contribution in [0, 0.1) is 12.8 Å². The van der Waals surface area contributed by atoms with Crippen LogP contribution >= 0.6 is 11.8 Å². The molecule has 5 heteroatoms. The molecule has 1 aromatic rings. The molecule has 0 spiro atoms. The van der Waals surface area contributed by atoms with Crippen LogP contribution in [-0.2, 0) is 4.79 Å². The fourth-order valence-electron chi connectivity index (χ4n) is 1.53. The second kappa shape index (κ2) is 7.33. The normalized spacial score (nSPS) is 12.2. The zero-order valence-electron chi connectivity index (χ0n) is 12.3. The topological polar surface area (TPSA) is 66.4 Å². The van der Waals surface area contributed by atoms with Crippen LogP contribution in [0.15, 0.2) is 23.1 Å². The number of carboxylic acid groups (broad SMARTS) is 1. The number of nitrogens with one attached hydrogen (secondary N) is 1. The molecule has 1 aromatic carbocycles. The summed E-state index contributed by atoms with van der Waals surface area (Å²) in [5.41, 5.74) is 1.01. The van der Waals surface area contributed by atoms with Gasteiger partial charge in [-0.2, -0.15) is 0 Å². The van der Waals surface area contributed by atoms with E-state index >= 15 is 0 Å². The van der Waals surface area contributed by atoms with Crippen LogP contribution in [0.3, 0.4) is 0 Å². The summed E-state index contributed by atoms with van der Waals surface area (Å²) >= 11 is 1.35. The number of rotatable bonds is 6. The quantitative estimate of drug-likeness (QED) is 0.792. The molecule has 2 N–H and O–H groups in total. The first-order valence-corrected chi connectivity index (χ1v) is 7.56. The minimum absolute atomic E-state index is 0.0337. The number of aromatic carboxylic acids is 1. The SMILES string of the molecule is Cc1ccc(SCC(=O)NC(C)C(C)C)cc1C(=O)O. The predicted octanol–water partition coefficient (Wildman–Crippen LogP) is 2.95. The maximum absolute atomic E-state index is 11.8. The zero-order chi connectivity index (χ0) is 15.3. The van der Waals surface area contributed by atoms with Crippen molar-refractivity contribution in [2.24, 2.45) is 5.92 Å². The standard InChI is InChI=1S/C15H21NO3S/c1-9(2)11(4)16-14(17)8-20-12-6-5-10(3)13(7-12)15(18)19/h5-7,9,11H,8H2,1-4H3,(H,16,17)(H,18,19).